The van der Waals surface area contributed by atoms with Crippen LogP contribution in [0.15, 0.2) is 58.3 Å². The van der Waals surface area contributed by atoms with Crippen LogP contribution in [0.5, 0.6) is 0 Å². The zero-order chi connectivity index (χ0) is 23.2. The molecule has 174 valence electrons. The maximum atomic E-state index is 13.6. The molecule has 33 heavy (non-hydrogen) atoms. The van der Waals surface area contributed by atoms with Gasteiger partial charge < -0.3 is 24.4 Å². The third-order valence-electron chi connectivity index (χ3n) is 6.98. The average Bonchev–Trinajstić information content (AvgIpc) is 3.25. The van der Waals surface area contributed by atoms with Gasteiger partial charge in [0.25, 0.3) is 0 Å². The summed E-state index contributed by atoms with van der Waals surface area (Å²) in [4.78, 5) is 33.2. The van der Waals surface area contributed by atoms with Gasteiger partial charge in [-0.1, -0.05) is 26.0 Å². The number of rotatable bonds is 3. The third kappa shape index (κ3) is 4.17. The molecule has 1 saturated heterocycles. The molecule has 7 nitrogen and oxygen atoms in total. The van der Waals surface area contributed by atoms with Crippen molar-refractivity contribution in [3.8, 4) is 0 Å². The molecule has 1 aromatic heterocycles. The lowest BCUT2D eigenvalue weighted by Gasteiger charge is -2.38. The number of anilines is 2. The van der Waals surface area contributed by atoms with E-state index in [9.17, 15) is 9.59 Å². The Kier molecular flexibility index (Phi) is 5.52. The molecule has 1 aromatic carbocycles. The number of ketones is 1. The summed E-state index contributed by atoms with van der Waals surface area (Å²) in [5, 5.41) is 3.57. The van der Waals surface area contributed by atoms with Crippen molar-refractivity contribution in [2.45, 2.75) is 32.7 Å². The molecule has 1 fully saturated rings. The fourth-order valence-corrected chi connectivity index (χ4v) is 5.27. The number of hydrogen-bond acceptors (Lipinski definition) is 6. The maximum absolute atomic E-state index is 13.6. The van der Waals surface area contributed by atoms with Gasteiger partial charge in [0, 0.05) is 43.9 Å². The van der Waals surface area contributed by atoms with E-state index in [0.29, 0.717) is 17.8 Å². The van der Waals surface area contributed by atoms with E-state index in [4.69, 9.17) is 4.42 Å². The number of furan rings is 1. The summed E-state index contributed by atoms with van der Waals surface area (Å²) in [7, 11) is 2.08. The second-order valence-corrected chi connectivity index (χ2v) is 10.2. The molecule has 0 bridgehead atoms. The fourth-order valence-electron chi connectivity index (χ4n) is 5.27. The van der Waals surface area contributed by atoms with Gasteiger partial charge in [0.1, 0.15) is 11.8 Å². The molecule has 1 N–H and O–H groups in total. The van der Waals surface area contributed by atoms with E-state index in [0.717, 1.165) is 49.7 Å². The van der Waals surface area contributed by atoms with Crippen LogP contribution in [0.1, 0.15) is 38.5 Å². The van der Waals surface area contributed by atoms with Crippen molar-refractivity contribution in [2.24, 2.45) is 5.41 Å². The quantitative estimate of drug-likeness (QED) is 0.773. The molecule has 1 aliphatic carbocycles. The molecule has 0 spiro atoms. The Labute approximate surface area is 195 Å². The Morgan fingerprint density at radius 3 is 2.58 bits per heavy atom. The Hall–Kier alpha value is -3.06. The van der Waals surface area contributed by atoms with Crippen LogP contribution in [-0.2, 0) is 9.59 Å². The summed E-state index contributed by atoms with van der Waals surface area (Å²) in [6, 6.07) is 11.3. The topological polar surface area (TPSA) is 69.0 Å². The first kappa shape index (κ1) is 21.8. The number of hydrogen-bond donors (Lipinski definition) is 1. The molecular weight excluding hydrogens is 416 g/mol. The number of likely N-dealkylation sites (N-methyl/N-ethyl adjacent to an activating group) is 1. The third-order valence-corrected chi connectivity index (χ3v) is 6.98. The SMILES string of the molecule is CN1CCN(C(=O)CN2c3ccccc3NC3=C(C(=O)CC(C)(C)C3)[C@@H]2c2ccco2)CC1. The maximum Gasteiger partial charge on any atom is 0.242 e. The predicted octanol–water partition coefficient (Wildman–Crippen LogP) is 3.67. The molecule has 0 radical (unpaired) electrons. The molecule has 7 heteroatoms. The highest BCUT2D eigenvalue weighted by molar-refractivity contribution is 6.01. The fraction of sp³-hybridized carbons (Fsp3) is 0.462. The summed E-state index contributed by atoms with van der Waals surface area (Å²) in [6.45, 7) is 7.61. The molecule has 2 aliphatic heterocycles. The second-order valence-electron chi connectivity index (χ2n) is 10.2. The van der Waals surface area contributed by atoms with Gasteiger partial charge in [-0.2, -0.15) is 0 Å². The largest absolute Gasteiger partial charge is 0.467 e. The van der Waals surface area contributed by atoms with Crippen LogP contribution in [-0.4, -0.2) is 61.3 Å². The number of allylic oxidation sites excluding steroid dienone is 1. The van der Waals surface area contributed by atoms with Crippen molar-refractivity contribution in [1.29, 1.82) is 0 Å². The highest BCUT2D eigenvalue weighted by Crippen LogP contribution is 2.48. The number of piperazine rings is 1. The first-order chi connectivity index (χ1) is 15.8. The van der Waals surface area contributed by atoms with E-state index in [2.05, 4.69) is 36.0 Å². The Morgan fingerprint density at radius 1 is 1.09 bits per heavy atom. The minimum absolute atomic E-state index is 0.0714. The van der Waals surface area contributed by atoms with Crippen LogP contribution in [0.2, 0.25) is 0 Å². The number of benzene rings is 1. The highest BCUT2D eigenvalue weighted by Gasteiger charge is 2.43. The highest BCUT2D eigenvalue weighted by atomic mass is 16.3. The Balaban J connectivity index is 1.60. The van der Waals surface area contributed by atoms with Gasteiger partial charge >= 0.3 is 0 Å². The monoisotopic (exact) mass is 448 g/mol. The minimum atomic E-state index is -0.453. The number of carbonyl (C=O) groups excluding carboxylic acids is 2. The van der Waals surface area contributed by atoms with Crippen molar-refractivity contribution in [2.75, 3.05) is 50.0 Å². The number of carbonyl (C=O) groups is 2. The van der Waals surface area contributed by atoms with Crippen LogP contribution in [0.3, 0.4) is 0 Å². The lowest BCUT2D eigenvalue weighted by molar-refractivity contribution is -0.131. The van der Waals surface area contributed by atoms with Crippen LogP contribution < -0.4 is 10.2 Å². The Bertz CT molecular complexity index is 1080. The molecule has 2 aromatic rings. The average molecular weight is 449 g/mol. The Morgan fingerprint density at radius 2 is 1.85 bits per heavy atom. The van der Waals surface area contributed by atoms with Gasteiger partial charge in [-0.15, -0.1) is 0 Å². The molecule has 3 aliphatic rings. The number of nitrogens with one attached hydrogen (secondary N) is 1. The van der Waals surface area contributed by atoms with Crippen LogP contribution >= 0.6 is 0 Å². The smallest absolute Gasteiger partial charge is 0.242 e. The van der Waals surface area contributed by atoms with E-state index in [1.54, 1.807) is 6.26 Å². The molecule has 0 unspecified atom stereocenters. The van der Waals surface area contributed by atoms with Crippen molar-refractivity contribution in [3.63, 3.8) is 0 Å². The molecule has 0 saturated carbocycles. The van der Waals surface area contributed by atoms with Crippen LogP contribution in [0.25, 0.3) is 0 Å². The number of amides is 1. The van der Waals surface area contributed by atoms with E-state index in [1.807, 2.05) is 41.3 Å². The number of nitrogens with zero attached hydrogens (tertiary/aromatic N) is 3. The van der Waals surface area contributed by atoms with Gasteiger partial charge in [-0.25, -0.2) is 0 Å². The zero-order valence-electron chi connectivity index (χ0n) is 19.6. The molecule has 5 rings (SSSR count). The lowest BCUT2D eigenvalue weighted by atomic mass is 9.74. The van der Waals surface area contributed by atoms with Crippen molar-refractivity contribution in [1.82, 2.24) is 9.80 Å². The summed E-state index contributed by atoms with van der Waals surface area (Å²) in [6.07, 6.45) is 2.87. The molecule has 1 atom stereocenters. The summed E-state index contributed by atoms with van der Waals surface area (Å²) in [5.41, 5.74) is 3.33. The second kappa shape index (κ2) is 8.37. The van der Waals surface area contributed by atoms with Gasteiger partial charge in [-0.05, 0) is 43.1 Å². The summed E-state index contributed by atoms with van der Waals surface area (Å²) >= 11 is 0. The van der Waals surface area contributed by atoms with Crippen LogP contribution in [0, 0.1) is 5.41 Å². The van der Waals surface area contributed by atoms with Crippen LogP contribution in [0.4, 0.5) is 11.4 Å². The summed E-state index contributed by atoms with van der Waals surface area (Å²) < 4.78 is 5.88. The first-order valence-corrected chi connectivity index (χ1v) is 11.7. The summed E-state index contributed by atoms with van der Waals surface area (Å²) in [5.74, 6) is 0.863. The van der Waals surface area contributed by atoms with E-state index < -0.39 is 6.04 Å². The van der Waals surface area contributed by atoms with Gasteiger partial charge in [0.2, 0.25) is 5.91 Å². The number of fused-ring (bicyclic) bond motifs is 1. The number of Topliss-reactive ketones (excluding diaryl/α,β-unsaturated/α-hetero) is 1. The van der Waals surface area contributed by atoms with Gasteiger partial charge in [-0.3, -0.25) is 9.59 Å². The van der Waals surface area contributed by atoms with E-state index >= 15 is 0 Å². The zero-order valence-corrected chi connectivity index (χ0v) is 19.6. The van der Waals surface area contributed by atoms with Crippen molar-refractivity contribution in [3.05, 3.63) is 59.7 Å². The van der Waals surface area contributed by atoms with Gasteiger partial charge in [0.15, 0.2) is 5.78 Å². The van der Waals surface area contributed by atoms with E-state index in [1.165, 1.54) is 0 Å². The molecule has 1 amide bonds. The minimum Gasteiger partial charge on any atom is -0.467 e. The molecule has 3 heterocycles. The molecular formula is C26H32N4O3. The van der Waals surface area contributed by atoms with E-state index in [-0.39, 0.29) is 23.7 Å². The standard InChI is InChI=1S/C26H32N4O3/c1-26(2)15-19-24(21(31)16-26)25(22-9-6-14-33-22)30(20-8-5-4-7-18(20)27-19)17-23(32)29-12-10-28(3)11-13-29/h4-9,14,25,27H,10-13,15-17H2,1-3H3/t25-/m0/s1. The predicted molar refractivity (Wildman–Crippen MR) is 128 cm³/mol. The first-order valence-electron chi connectivity index (χ1n) is 11.7. The van der Waals surface area contributed by atoms with Gasteiger partial charge in [0.05, 0.1) is 24.2 Å². The van der Waals surface area contributed by atoms with Crippen molar-refractivity contribution >= 4 is 23.1 Å². The van der Waals surface area contributed by atoms with Crippen molar-refractivity contribution < 1.29 is 14.0 Å². The normalized spacial score (nSPS) is 23.0. The number of para-hydroxylation sites is 2. The lowest BCUT2D eigenvalue weighted by Crippen LogP contribution is -2.50.